The predicted molar refractivity (Wildman–Crippen MR) is 130 cm³/mol. The number of thioether (sulfide) groups is 1. The van der Waals surface area contributed by atoms with E-state index >= 15 is 0 Å². The van der Waals surface area contributed by atoms with Gasteiger partial charge in [-0.15, -0.1) is 0 Å². The van der Waals surface area contributed by atoms with Crippen LogP contribution in [0.15, 0.2) is 46.3 Å². The summed E-state index contributed by atoms with van der Waals surface area (Å²) < 4.78 is 12.0. The number of aliphatic imine (C=N–C) groups is 1. The zero-order chi connectivity index (χ0) is 22.5. The summed E-state index contributed by atoms with van der Waals surface area (Å²) in [5.41, 5.74) is 1.59. The Morgan fingerprint density at radius 1 is 1.26 bits per heavy atom. The lowest BCUT2D eigenvalue weighted by Gasteiger charge is -2.12. The minimum atomic E-state index is -0.995. The van der Waals surface area contributed by atoms with Crippen LogP contribution in [0.3, 0.4) is 0 Å². The SMILES string of the molecule is CCOc1c(I)cc(C=C2SC(=Nc3ccc(C(=O)O)cc3)N(CC)C2=O)cc1OC. The molecule has 1 heterocycles. The first kappa shape index (κ1) is 23.1. The zero-order valence-electron chi connectivity index (χ0n) is 17.2. The highest BCUT2D eigenvalue weighted by molar-refractivity contribution is 14.1. The van der Waals surface area contributed by atoms with E-state index in [1.165, 1.54) is 23.9 Å². The van der Waals surface area contributed by atoms with Crippen molar-refractivity contribution in [3.63, 3.8) is 0 Å². The molecule has 0 unspecified atom stereocenters. The molecular formula is C22H21IN2O5S. The van der Waals surface area contributed by atoms with E-state index in [1.54, 1.807) is 24.1 Å². The maximum absolute atomic E-state index is 12.9. The number of methoxy groups -OCH3 is 1. The number of hydrogen-bond donors (Lipinski definition) is 1. The molecule has 0 bridgehead atoms. The van der Waals surface area contributed by atoms with Crippen LogP contribution < -0.4 is 9.47 Å². The highest BCUT2D eigenvalue weighted by atomic mass is 127. The fraction of sp³-hybridized carbons (Fsp3) is 0.227. The second-order valence-corrected chi connectivity index (χ2v) is 8.54. The summed E-state index contributed by atoms with van der Waals surface area (Å²) >= 11 is 3.47. The average Bonchev–Trinajstić information content (AvgIpc) is 3.04. The standard InChI is InChI=1S/C22H21IN2O5S/c1-4-25-20(26)18(12-13-10-16(23)19(30-5-2)17(11-13)29-3)31-22(25)24-15-8-6-14(7-9-15)21(27)28/h6-12H,4-5H2,1-3H3,(H,27,28). The van der Waals surface area contributed by atoms with Crippen LogP contribution in [0.5, 0.6) is 11.5 Å². The maximum atomic E-state index is 12.9. The summed E-state index contributed by atoms with van der Waals surface area (Å²) in [6.07, 6.45) is 1.81. The van der Waals surface area contributed by atoms with Crippen molar-refractivity contribution in [2.75, 3.05) is 20.3 Å². The number of nitrogens with zero attached hydrogens (tertiary/aromatic N) is 2. The number of carbonyl (C=O) groups is 2. The summed E-state index contributed by atoms with van der Waals surface area (Å²) in [5.74, 6) is 0.165. The molecule has 0 spiro atoms. The third-order valence-corrected chi connectivity index (χ3v) is 6.19. The van der Waals surface area contributed by atoms with Gasteiger partial charge in [-0.3, -0.25) is 9.69 Å². The number of amides is 1. The van der Waals surface area contributed by atoms with Crippen LogP contribution in [0.1, 0.15) is 29.8 Å². The molecule has 0 atom stereocenters. The van der Waals surface area contributed by atoms with Crippen LogP contribution >= 0.6 is 34.4 Å². The molecular weight excluding hydrogens is 531 g/mol. The number of carboxylic acid groups (broad SMARTS) is 1. The fourth-order valence-electron chi connectivity index (χ4n) is 2.92. The van der Waals surface area contributed by atoms with Crippen molar-refractivity contribution in [3.05, 3.63) is 56.0 Å². The largest absolute Gasteiger partial charge is 0.493 e. The lowest BCUT2D eigenvalue weighted by atomic mass is 10.2. The normalized spacial score (nSPS) is 16.3. The number of hydrogen-bond acceptors (Lipinski definition) is 6. The van der Waals surface area contributed by atoms with Gasteiger partial charge in [0.25, 0.3) is 5.91 Å². The Morgan fingerprint density at radius 3 is 2.55 bits per heavy atom. The van der Waals surface area contributed by atoms with Crippen molar-refractivity contribution in [1.29, 1.82) is 0 Å². The number of amidine groups is 1. The Morgan fingerprint density at radius 2 is 1.97 bits per heavy atom. The van der Waals surface area contributed by atoms with Crippen LogP contribution in [-0.2, 0) is 4.79 Å². The highest BCUT2D eigenvalue weighted by Crippen LogP contribution is 2.38. The van der Waals surface area contributed by atoms with Crippen LogP contribution in [0.4, 0.5) is 5.69 Å². The molecule has 1 N–H and O–H groups in total. The zero-order valence-corrected chi connectivity index (χ0v) is 20.2. The molecule has 7 nitrogen and oxygen atoms in total. The third-order valence-electron chi connectivity index (χ3n) is 4.38. The van der Waals surface area contributed by atoms with E-state index in [0.717, 1.165) is 9.13 Å². The van der Waals surface area contributed by atoms with Gasteiger partial charge >= 0.3 is 5.97 Å². The number of carboxylic acids is 1. The Hall–Kier alpha value is -2.53. The fourth-order valence-corrected chi connectivity index (χ4v) is 4.76. The first-order valence-electron chi connectivity index (χ1n) is 9.51. The first-order valence-corrected chi connectivity index (χ1v) is 11.4. The van der Waals surface area contributed by atoms with Crippen molar-refractivity contribution < 1.29 is 24.2 Å². The number of carbonyl (C=O) groups excluding carboxylic acids is 1. The monoisotopic (exact) mass is 552 g/mol. The topological polar surface area (TPSA) is 88.4 Å². The molecule has 0 aliphatic carbocycles. The summed E-state index contributed by atoms with van der Waals surface area (Å²) in [5, 5.41) is 9.59. The minimum Gasteiger partial charge on any atom is -0.493 e. The van der Waals surface area contributed by atoms with Gasteiger partial charge in [-0.05, 0) is 96.2 Å². The Bertz CT molecular complexity index is 1070. The lowest BCUT2D eigenvalue weighted by molar-refractivity contribution is -0.122. The number of ether oxygens (including phenoxy) is 2. The van der Waals surface area contributed by atoms with Gasteiger partial charge in [0.05, 0.1) is 33.4 Å². The van der Waals surface area contributed by atoms with Gasteiger partial charge in [0.15, 0.2) is 16.7 Å². The van der Waals surface area contributed by atoms with E-state index < -0.39 is 5.97 Å². The van der Waals surface area contributed by atoms with Gasteiger partial charge < -0.3 is 14.6 Å². The average molecular weight is 552 g/mol. The second kappa shape index (κ2) is 10.2. The van der Waals surface area contributed by atoms with Gasteiger partial charge in [0.2, 0.25) is 0 Å². The van der Waals surface area contributed by atoms with Gasteiger partial charge in [-0.25, -0.2) is 9.79 Å². The van der Waals surface area contributed by atoms with Crippen molar-refractivity contribution in [1.82, 2.24) is 4.90 Å². The number of rotatable bonds is 7. The summed E-state index contributed by atoms with van der Waals surface area (Å²) in [6.45, 7) is 4.79. The quantitative estimate of drug-likeness (QED) is 0.384. The second-order valence-electron chi connectivity index (χ2n) is 6.37. The van der Waals surface area contributed by atoms with E-state index in [9.17, 15) is 9.59 Å². The molecule has 2 aromatic rings. The highest BCUT2D eigenvalue weighted by Gasteiger charge is 2.32. The summed E-state index contributed by atoms with van der Waals surface area (Å²) in [7, 11) is 1.58. The minimum absolute atomic E-state index is 0.128. The van der Waals surface area contributed by atoms with Crippen molar-refractivity contribution >= 4 is 63.2 Å². The van der Waals surface area contributed by atoms with Gasteiger partial charge in [0.1, 0.15) is 0 Å². The Labute approximate surface area is 198 Å². The van der Waals surface area contributed by atoms with Crippen molar-refractivity contribution in [2.24, 2.45) is 4.99 Å². The molecule has 1 amide bonds. The molecule has 0 saturated carbocycles. The van der Waals surface area contributed by atoms with Crippen LogP contribution in [0.25, 0.3) is 6.08 Å². The predicted octanol–water partition coefficient (Wildman–Crippen LogP) is 5.02. The summed E-state index contributed by atoms with van der Waals surface area (Å²) in [6, 6.07) is 10.00. The molecule has 1 fully saturated rings. The molecule has 9 heteroatoms. The molecule has 1 aliphatic rings. The molecule has 162 valence electrons. The van der Waals surface area contributed by atoms with Gasteiger partial charge in [-0.1, -0.05) is 0 Å². The van der Waals surface area contributed by atoms with E-state index in [2.05, 4.69) is 27.6 Å². The van der Waals surface area contributed by atoms with E-state index in [-0.39, 0.29) is 11.5 Å². The molecule has 1 aliphatic heterocycles. The maximum Gasteiger partial charge on any atom is 0.335 e. The number of halogens is 1. The van der Waals surface area contributed by atoms with Crippen LogP contribution in [0, 0.1) is 3.57 Å². The van der Waals surface area contributed by atoms with Crippen LogP contribution in [-0.4, -0.2) is 47.3 Å². The van der Waals surface area contributed by atoms with Gasteiger partial charge in [-0.2, -0.15) is 0 Å². The number of likely N-dealkylation sites (N-methyl/N-ethyl adjacent to an activating group) is 1. The van der Waals surface area contributed by atoms with Crippen molar-refractivity contribution in [3.8, 4) is 11.5 Å². The smallest absolute Gasteiger partial charge is 0.335 e. The third kappa shape index (κ3) is 5.21. The number of aromatic carboxylic acids is 1. The molecule has 3 rings (SSSR count). The first-order chi connectivity index (χ1) is 14.9. The lowest BCUT2D eigenvalue weighted by Crippen LogP contribution is -2.28. The molecule has 0 aromatic heterocycles. The van der Waals surface area contributed by atoms with E-state index in [0.29, 0.717) is 40.4 Å². The van der Waals surface area contributed by atoms with E-state index in [1.807, 2.05) is 32.1 Å². The Kier molecular flexibility index (Phi) is 7.60. The summed E-state index contributed by atoms with van der Waals surface area (Å²) in [4.78, 5) is 30.6. The molecule has 31 heavy (non-hydrogen) atoms. The molecule has 0 radical (unpaired) electrons. The van der Waals surface area contributed by atoms with Crippen LogP contribution in [0.2, 0.25) is 0 Å². The number of benzene rings is 2. The van der Waals surface area contributed by atoms with Gasteiger partial charge in [0, 0.05) is 6.54 Å². The molecule has 1 saturated heterocycles. The Balaban J connectivity index is 1.93. The van der Waals surface area contributed by atoms with E-state index in [4.69, 9.17) is 14.6 Å². The van der Waals surface area contributed by atoms with Crippen molar-refractivity contribution in [2.45, 2.75) is 13.8 Å². The molecule has 2 aromatic carbocycles.